The average molecular weight is 295 g/mol. The Balaban J connectivity index is 1.82. The van der Waals surface area contributed by atoms with Gasteiger partial charge >= 0.3 is 0 Å². The number of hydrogen-bond acceptors (Lipinski definition) is 5. The summed E-state index contributed by atoms with van der Waals surface area (Å²) < 4.78 is 5.46. The normalized spacial score (nSPS) is 19.2. The average Bonchev–Trinajstić information content (AvgIpc) is 2.96. The quantitative estimate of drug-likeness (QED) is 0.389. The van der Waals surface area contributed by atoms with E-state index in [4.69, 9.17) is 10.5 Å². The van der Waals surface area contributed by atoms with Crippen LogP contribution in [-0.4, -0.2) is 29.3 Å². The van der Waals surface area contributed by atoms with Gasteiger partial charge in [-0.1, -0.05) is 23.9 Å². The molecule has 0 aliphatic carbocycles. The van der Waals surface area contributed by atoms with Gasteiger partial charge in [0.1, 0.15) is 0 Å². The number of nitrogens with two attached hydrogens (primary N) is 1. The number of nitro benzene ring substituents is 1. The molecule has 1 saturated heterocycles. The summed E-state index contributed by atoms with van der Waals surface area (Å²) in [5.41, 5.74) is 6.78. The van der Waals surface area contributed by atoms with Gasteiger partial charge in [0.25, 0.3) is 5.69 Å². The van der Waals surface area contributed by atoms with E-state index >= 15 is 0 Å². The van der Waals surface area contributed by atoms with Crippen LogP contribution in [0.3, 0.4) is 0 Å². The van der Waals surface area contributed by atoms with Crippen LogP contribution in [0.2, 0.25) is 0 Å². The van der Waals surface area contributed by atoms with Gasteiger partial charge in [-0.25, -0.2) is 0 Å². The van der Waals surface area contributed by atoms with Gasteiger partial charge in [-0.3, -0.25) is 15.1 Å². The summed E-state index contributed by atoms with van der Waals surface area (Å²) in [5, 5.41) is 11.2. The van der Waals surface area contributed by atoms with Gasteiger partial charge in [-0.15, -0.1) is 0 Å². The van der Waals surface area contributed by atoms with Crippen molar-refractivity contribution < 1.29 is 9.66 Å². The molecule has 0 aromatic heterocycles. The highest BCUT2D eigenvalue weighted by atomic mass is 32.2. The highest BCUT2D eigenvalue weighted by molar-refractivity contribution is 8.13. The van der Waals surface area contributed by atoms with Crippen molar-refractivity contribution >= 4 is 22.6 Å². The van der Waals surface area contributed by atoms with Crippen LogP contribution in [0.5, 0.6) is 0 Å². The summed E-state index contributed by atoms with van der Waals surface area (Å²) >= 11 is 1.38. The summed E-state index contributed by atoms with van der Waals surface area (Å²) in [6.07, 6.45) is 2.31. The molecule has 20 heavy (non-hydrogen) atoms. The van der Waals surface area contributed by atoms with Crippen LogP contribution in [0, 0.1) is 10.1 Å². The molecule has 0 amide bonds. The first-order valence-corrected chi connectivity index (χ1v) is 7.41. The third-order valence-corrected chi connectivity index (χ3v) is 3.89. The molecule has 0 bridgehead atoms. The molecule has 7 heteroatoms. The lowest BCUT2D eigenvalue weighted by molar-refractivity contribution is -0.384. The summed E-state index contributed by atoms with van der Waals surface area (Å²) in [6, 6.07) is 6.55. The smallest absolute Gasteiger partial charge is 0.269 e. The van der Waals surface area contributed by atoms with Crippen LogP contribution in [0.4, 0.5) is 5.69 Å². The molecule has 108 valence electrons. The zero-order valence-electron chi connectivity index (χ0n) is 11.0. The Morgan fingerprint density at radius 2 is 2.45 bits per heavy atom. The molecule has 0 radical (unpaired) electrons. The minimum atomic E-state index is -0.400. The first kappa shape index (κ1) is 14.8. The van der Waals surface area contributed by atoms with Crippen LogP contribution in [-0.2, 0) is 10.5 Å². The molecule has 0 unspecified atom stereocenters. The van der Waals surface area contributed by atoms with Crippen molar-refractivity contribution in [1.29, 1.82) is 0 Å². The molecule has 0 spiro atoms. The van der Waals surface area contributed by atoms with Crippen molar-refractivity contribution in [3.63, 3.8) is 0 Å². The number of non-ortho nitro benzene ring substituents is 1. The minimum Gasteiger partial charge on any atom is -0.379 e. The molecule has 1 aliphatic heterocycles. The molecule has 0 saturated carbocycles. The maximum atomic E-state index is 10.7. The van der Waals surface area contributed by atoms with Gasteiger partial charge in [0.15, 0.2) is 5.17 Å². The molecule has 6 nitrogen and oxygen atoms in total. The van der Waals surface area contributed by atoms with E-state index < -0.39 is 4.92 Å². The van der Waals surface area contributed by atoms with E-state index in [0.717, 1.165) is 25.0 Å². The Kier molecular flexibility index (Phi) is 5.37. The molecule has 1 heterocycles. The number of hydrogen-bond donors (Lipinski definition) is 1. The van der Waals surface area contributed by atoms with E-state index in [1.54, 1.807) is 12.1 Å². The number of nitrogens with zero attached hydrogens (tertiary/aromatic N) is 2. The van der Waals surface area contributed by atoms with E-state index in [0.29, 0.717) is 17.5 Å². The van der Waals surface area contributed by atoms with Gasteiger partial charge in [0.2, 0.25) is 0 Å². The first-order valence-electron chi connectivity index (χ1n) is 6.43. The van der Waals surface area contributed by atoms with Gasteiger partial charge in [-0.2, -0.15) is 0 Å². The van der Waals surface area contributed by atoms with Crippen LogP contribution < -0.4 is 5.73 Å². The number of aliphatic imine (C=N–C) groups is 1. The zero-order valence-corrected chi connectivity index (χ0v) is 11.8. The Bertz CT molecular complexity index is 501. The summed E-state index contributed by atoms with van der Waals surface area (Å²) in [6.45, 7) is 1.40. The number of thioether (sulfide) groups is 1. The monoisotopic (exact) mass is 295 g/mol. The molecular weight excluding hydrogens is 278 g/mol. The van der Waals surface area contributed by atoms with Crippen LogP contribution in [0.25, 0.3) is 0 Å². The molecule has 1 fully saturated rings. The Labute approximate surface area is 121 Å². The maximum Gasteiger partial charge on any atom is 0.269 e. The fraction of sp³-hybridized carbons (Fsp3) is 0.462. The maximum absolute atomic E-state index is 10.7. The second-order valence-electron chi connectivity index (χ2n) is 4.53. The predicted octanol–water partition coefficient (Wildman–Crippen LogP) is 2.32. The van der Waals surface area contributed by atoms with Crippen LogP contribution >= 0.6 is 11.8 Å². The van der Waals surface area contributed by atoms with Crippen molar-refractivity contribution in [2.24, 2.45) is 10.7 Å². The fourth-order valence-corrected chi connectivity index (χ4v) is 2.60. The van der Waals surface area contributed by atoms with Gasteiger partial charge in [0, 0.05) is 24.5 Å². The van der Waals surface area contributed by atoms with E-state index in [1.807, 2.05) is 6.07 Å². The summed E-state index contributed by atoms with van der Waals surface area (Å²) in [7, 11) is 0. The molecule has 1 aromatic rings. The molecule has 1 aromatic carbocycles. The van der Waals surface area contributed by atoms with Crippen LogP contribution in [0.15, 0.2) is 29.3 Å². The molecular formula is C13H17N3O3S. The van der Waals surface area contributed by atoms with Gasteiger partial charge in [-0.05, 0) is 18.4 Å². The zero-order chi connectivity index (χ0) is 14.4. The topological polar surface area (TPSA) is 90.8 Å². The number of nitro groups is 1. The highest BCUT2D eigenvalue weighted by Gasteiger charge is 2.14. The lowest BCUT2D eigenvalue weighted by Gasteiger charge is -2.06. The Hall–Kier alpha value is -1.60. The molecule has 1 atom stereocenters. The highest BCUT2D eigenvalue weighted by Crippen LogP contribution is 2.18. The lowest BCUT2D eigenvalue weighted by atomic mass is 10.2. The van der Waals surface area contributed by atoms with E-state index in [-0.39, 0.29) is 11.8 Å². The van der Waals surface area contributed by atoms with Crippen molar-refractivity contribution in [2.75, 3.05) is 13.2 Å². The Morgan fingerprint density at radius 3 is 3.15 bits per heavy atom. The van der Waals surface area contributed by atoms with E-state index in [1.165, 1.54) is 17.8 Å². The lowest BCUT2D eigenvalue weighted by Crippen LogP contribution is -2.14. The van der Waals surface area contributed by atoms with Crippen molar-refractivity contribution in [1.82, 2.24) is 0 Å². The van der Waals surface area contributed by atoms with Crippen molar-refractivity contribution in [3.8, 4) is 0 Å². The Morgan fingerprint density at radius 1 is 1.60 bits per heavy atom. The van der Waals surface area contributed by atoms with Crippen molar-refractivity contribution in [2.45, 2.75) is 24.7 Å². The number of amidine groups is 1. The summed E-state index contributed by atoms with van der Waals surface area (Å²) in [4.78, 5) is 14.6. The fourth-order valence-electron chi connectivity index (χ4n) is 1.94. The molecule has 2 rings (SSSR count). The van der Waals surface area contributed by atoms with Gasteiger partial charge < -0.3 is 10.5 Å². The van der Waals surface area contributed by atoms with E-state index in [9.17, 15) is 10.1 Å². The SMILES string of the molecule is NC(=NC[C@H]1CCCO1)SCc1cccc([N+](=O)[O-])c1. The molecule has 1 aliphatic rings. The van der Waals surface area contributed by atoms with E-state index in [2.05, 4.69) is 4.99 Å². The standard InChI is InChI=1S/C13H17N3O3S/c14-13(15-8-12-5-2-6-19-12)20-9-10-3-1-4-11(7-10)16(17)18/h1,3-4,7,12H,2,5-6,8-9H2,(H2,14,15)/t12-/m1/s1. The number of rotatable bonds is 5. The van der Waals surface area contributed by atoms with Gasteiger partial charge in [0.05, 0.1) is 17.6 Å². The molecule has 2 N–H and O–H groups in total. The van der Waals surface area contributed by atoms with Crippen molar-refractivity contribution in [3.05, 3.63) is 39.9 Å². The largest absolute Gasteiger partial charge is 0.379 e. The minimum absolute atomic E-state index is 0.0953. The first-order chi connectivity index (χ1) is 9.65. The third kappa shape index (κ3) is 4.50. The second kappa shape index (κ2) is 7.25. The second-order valence-corrected chi connectivity index (χ2v) is 5.53. The predicted molar refractivity (Wildman–Crippen MR) is 79.9 cm³/mol. The van der Waals surface area contributed by atoms with Crippen LogP contribution in [0.1, 0.15) is 18.4 Å². The number of ether oxygens (including phenoxy) is 1. The number of benzene rings is 1. The summed E-state index contributed by atoms with van der Waals surface area (Å²) in [5.74, 6) is 0.572. The third-order valence-electron chi connectivity index (χ3n) is 2.98.